The highest BCUT2D eigenvalue weighted by atomic mass is 35.5. The first kappa shape index (κ1) is 16.2. The van der Waals surface area contributed by atoms with Gasteiger partial charge < -0.3 is 9.88 Å². The third-order valence-corrected chi connectivity index (χ3v) is 3.99. The van der Waals surface area contributed by atoms with E-state index in [1.807, 2.05) is 42.0 Å². The monoisotopic (exact) mass is 344 g/mol. The fourth-order valence-corrected chi connectivity index (χ4v) is 2.50. The zero-order valence-electron chi connectivity index (χ0n) is 13.2. The Balaban J connectivity index is 1.56. The second-order valence-corrected chi connectivity index (χ2v) is 5.72. The van der Waals surface area contributed by atoms with E-state index in [4.69, 9.17) is 11.6 Å². The van der Waals surface area contributed by atoms with Crippen molar-refractivity contribution < 1.29 is 4.79 Å². The van der Waals surface area contributed by atoms with Crippen molar-refractivity contribution in [3.8, 4) is 0 Å². The molecular weight excluding hydrogens is 328 g/mol. The van der Waals surface area contributed by atoms with Crippen LogP contribution in [0.25, 0.3) is 0 Å². The zero-order valence-corrected chi connectivity index (χ0v) is 13.9. The van der Waals surface area contributed by atoms with Crippen molar-refractivity contribution >= 4 is 17.5 Å². The summed E-state index contributed by atoms with van der Waals surface area (Å²) in [7, 11) is 0. The second kappa shape index (κ2) is 7.27. The van der Waals surface area contributed by atoms with E-state index in [9.17, 15) is 4.79 Å². The number of amides is 1. The molecule has 3 aromatic rings. The molecule has 0 radical (unpaired) electrons. The predicted molar refractivity (Wildman–Crippen MR) is 89.9 cm³/mol. The Labute approximate surface area is 144 Å². The summed E-state index contributed by atoms with van der Waals surface area (Å²) in [5.74, 6) is 0.660. The van der Waals surface area contributed by atoms with Crippen molar-refractivity contribution in [1.29, 1.82) is 0 Å². The molecule has 0 aliphatic rings. The molecule has 0 spiro atoms. The predicted octanol–water partition coefficient (Wildman–Crippen LogP) is 1.91. The summed E-state index contributed by atoms with van der Waals surface area (Å²) in [6.45, 7) is 3.54. The van der Waals surface area contributed by atoms with Gasteiger partial charge in [-0.05, 0) is 18.6 Å². The van der Waals surface area contributed by atoms with Crippen LogP contribution in [0.4, 0.5) is 0 Å². The number of aryl methyl sites for hydroxylation is 1. The van der Waals surface area contributed by atoms with Crippen LogP contribution in [-0.4, -0.2) is 37.0 Å². The summed E-state index contributed by atoms with van der Waals surface area (Å²) in [6, 6.07) is 7.51. The van der Waals surface area contributed by atoms with E-state index in [1.54, 1.807) is 17.1 Å². The van der Waals surface area contributed by atoms with Crippen LogP contribution in [0.3, 0.4) is 0 Å². The van der Waals surface area contributed by atoms with E-state index in [0.29, 0.717) is 24.7 Å². The number of rotatable bonds is 6. The molecule has 8 heteroatoms. The minimum Gasteiger partial charge on any atom is -0.349 e. The minimum absolute atomic E-state index is 0.252. The summed E-state index contributed by atoms with van der Waals surface area (Å²) in [6.07, 6.45) is 5.22. The third-order valence-electron chi connectivity index (χ3n) is 3.62. The Kier molecular flexibility index (Phi) is 4.90. The molecule has 0 unspecified atom stereocenters. The van der Waals surface area contributed by atoms with Crippen LogP contribution in [-0.2, 0) is 13.1 Å². The summed E-state index contributed by atoms with van der Waals surface area (Å²) in [4.78, 5) is 16.2. The highest BCUT2D eigenvalue weighted by Gasteiger charge is 2.11. The molecule has 0 bridgehead atoms. The van der Waals surface area contributed by atoms with Crippen molar-refractivity contribution in [3.63, 3.8) is 0 Å². The molecule has 2 aromatic heterocycles. The van der Waals surface area contributed by atoms with E-state index >= 15 is 0 Å². The van der Waals surface area contributed by atoms with Gasteiger partial charge in [-0.25, -0.2) is 9.67 Å². The molecule has 1 amide bonds. The first-order valence-corrected chi connectivity index (χ1v) is 7.91. The third kappa shape index (κ3) is 3.80. The lowest BCUT2D eigenvalue weighted by atomic mass is 10.2. The van der Waals surface area contributed by atoms with Crippen molar-refractivity contribution in [3.05, 3.63) is 65.0 Å². The quantitative estimate of drug-likeness (QED) is 0.741. The highest BCUT2D eigenvalue weighted by molar-refractivity contribution is 6.31. The number of nitrogens with one attached hydrogen (secondary N) is 1. The van der Waals surface area contributed by atoms with Gasteiger partial charge >= 0.3 is 0 Å². The molecule has 0 saturated carbocycles. The van der Waals surface area contributed by atoms with Gasteiger partial charge in [0.25, 0.3) is 5.91 Å². The van der Waals surface area contributed by atoms with E-state index < -0.39 is 0 Å². The maximum atomic E-state index is 12.1. The molecule has 1 aromatic carbocycles. The number of nitrogens with zero attached hydrogens (tertiary/aromatic N) is 5. The maximum absolute atomic E-state index is 12.1. The number of halogens is 1. The summed E-state index contributed by atoms with van der Waals surface area (Å²) in [5, 5.41) is 11.4. The Hall–Kier alpha value is -2.67. The van der Waals surface area contributed by atoms with Crippen molar-refractivity contribution in [1.82, 2.24) is 29.9 Å². The van der Waals surface area contributed by atoms with Gasteiger partial charge in [0.1, 0.15) is 5.82 Å². The largest absolute Gasteiger partial charge is 0.349 e. The van der Waals surface area contributed by atoms with Crippen molar-refractivity contribution in [2.75, 3.05) is 6.54 Å². The fourth-order valence-electron chi connectivity index (χ4n) is 2.30. The molecule has 124 valence electrons. The first-order chi connectivity index (χ1) is 11.6. The van der Waals surface area contributed by atoms with Gasteiger partial charge in [-0.15, -0.1) is 5.10 Å². The fraction of sp³-hybridized carbons (Fsp3) is 0.250. The minimum atomic E-state index is -0.252. The Bertz CT molecular complexity index is 840. The average Bonchev–Trinajstić information content (AvgIpc) is 3.19. The summed E-state index contributed by atoms with van der Waals surface area (Å²) < 4.78 is 3.56. The van der Waals surface area contributed by atoms with Crippen molar-refractivity contribution in [2.24, 2.45) is 0 Å². The summed E-state index contributed by atoms with van der Waals surface area (Å²) in [5.41, 5.74) is 1.20. The van der Waals surface area contributed by atoms with Crippen LogP contribution in [0.15, 0.2) is 42.9 Å². The van der Waals surface area contributed by atoms with Gasteiger partial charge in [-0.2, -0.15) is 0 Å². The number of benzene rings is 1. The van der Waals surface area contributed by atoms with Crippen LogP contribution in [0.2, 0.25) is 5.02 Å². The van der Waals surface area contributed by atoms with Crippen LogP contribution < -0.4 is 5.32 Å². The number of carbonyl (C=O) groups excluding carboxylic acids is 1. The molecule has 24 heavy (non-hydrogen) atoms. The van der Waals surface area contributed by atoms with Gasteiger partial charge in [0.05, 0.1) is 12.7 Å². The van der Waals surface area contributed by atoms with Gasteiger partial charge in [0, 0.05) is 30.5 Å². The number of hydrogen-bond acceptors (Lipinski definition) is 4. The van der Waals surface area contributed by atoms with Crippen LogP contribution in [0, 0.1) is 6.92 Å². The average molecular weight is 345 g/mol. The number of carbonyl (C=O) groups is 1. The van der Waals surface area contributed by atoms with Crippen LogP contribution in [0.5, 0.6) is 0 Å². The van der Waals surface area contributed by atoms with E-state index in [-0.39, 0.29) is 11.6 Å². The van der Waals surface area contributed by atoms with Crippen LogP contribution >= 0.6 is 11.6 Å². The molecule has 0 atom stereocenters. The topological polar surface area (TPSA) is 77.6 Å². The normalized spacial score (nSPS) is 10.8. The molecule has 1 N–H and O–H groups in total. The lowest BCUT2D eigenvalue weighted by Gasteiger charge is -2.05. The lowest BCUT2D eigenvalue weighted by molar-refractivity contribution is 0.0947. The second-order valence-electron chi connectivity index (χ2n) is 5.32. The number of imidazole rings is 1. The lowest BCUT2D eigenvalue weighted by Crippen LogP contribution is -2.27. The van der Waals surface area contributed by atoms with Gasteiger partial charge in [-0.1, -0.05) is 35.0 Å². The Morgan fingerprint density at radius 3 is 2.92 bits per heavy atom. The van der Waals surface area contributed by atoms with Gasteiger partial charge in [-0.3, -0.25) is 4.79 Å². The first-order valence-electron chi connectivity index (χ1n) is 7.53. The highest BCUT2D eigenvalue weighted by Crippen LogP contribution is 2.15. The SMILES string of the molecule is Cc1nccn1CCNC(=O)c1cn(Cc2ccccc2Cl)nn1. The van der Waals surface area contributed by atoms with E-state index in [1.165, 1.54) is 0 Å². The van der Waals surface area contributed by atoms with E-state index in [2.05, 4.69) is 20.6 Å². The summed E-state index contributed by atoms with van der Waals surface area (Å²) >= 11 is 6.13. The molecule has 7 nitrogen and oxygen atoms in total. The smallest absolute Gasteiger partial charge is 0.273 e. The van der Waals surface area contributed by atoms with Crippen molar-refractivity contribution in [2.45, 2.75) is 20.0 Å². The molecule has 0 aliphatic heterocycles. The molecule has 0 saturated heterocycles. The number of hydrogen-bond donors (Lipinski definition) is 1. The Morgan fingerprint density at radius 2 is 2.17 bits per heavy atom. The molecule has 0 fully saturated rings. The van der Waals surface area contributed by atoms with Crippen LogP contribution in [0.1, 0.15) is 21.9 Å². The Morgan fingerprint density at radius 1 is 1.33 bits per heavy atom. The molecule has 3 rings (SSSR count). The molecule has 0 aliphatic carbocycles. The van der Waals surface area contributed by atoms with E-state index in [0.717, 1.165) is 11.4 Å². The molecular formula is C16H17ClN6O. The maximum Gasteiger partial charge on any atom is 0.273 e. The van der Waals surface area contributed by atoms with Gasteiger partial charge in [0.2, 0.25) is 0 Å². The number of aromatic nitrogens is 5. The standard InChI is InChI=1S/C16H17ClN6O/c1-12-18-6-8-22(12)9-7-19-16(24)15-11-23(21-20-15)10-13-4-2-3-5-14(13)17/h2-6,8,11H,7,9-10H2,1H3,(H,19,24). The zero-order chi connectivity index (χ0) is 16.9. The molecule has 2 heterocycles. The van der Waals surface area contributed by atoms with Gasteiger partial charge in [0.15, 0.2) is 5.69 Å².